The fourth-order valence-corrected chi connectivity index (χ4v) is 1.61. The molecule has 0 fully saturated rings. The molecule has 3 N–H and O–H groups in total. The summed E-state index contributed by atoms with van der Waals surface area (Å²) in [6, 6.07) is 6.64. The van der Waals surface area contributed by atoms with Gasteiger partial charge in [-0.25, -0.2) is 0 Å². The van der Waals surface area contributed by atoms with Crippen LogP contribution in [-0.4, -0.2) is 44.6 Å². The van der Waals surface area contributed by atoms with Gasteiger partial charge in [0.2, 0.25) is 0 Å². The molecule has 0 spiro atoms. The average Bonchev–Trinajstić information content (AvgIpc) is 2.42. The Kier molecular flexibility index (Phi) is 6.33. The van der Waals surface area contributed by atoms with Crippen molar-refractivity contribution < 1.29 is 9.53 Å². The first-order valence-electron chi connectivity index (χ1n) is 6.37. The number of carbonyl (C=O) groups is 1. The minimum absolute atomic E-state index is 0.0991. The van der Waals surface area contributed by atoms with Gasteiger partial charge in [-0.3, -0.25) is 4.79 Å². The average molecular weight is 276 g/mol. The van der Waals surface area contributed by atoms with Crippen molar-refractivity contribution in [1.82, 2.24) is 10.2 Å². The summed E-state index contributed by atoms with van der Waals surface area (Å²) >= 11 is 0. The standard InChI is InChI=1S/C14H20N4O2/c1-18(2)8-3-7-17-14(19)11-4-5-12(16)13(10-11)20-9-6-15/h4-5,10H,3,7-9,16H2,1-2H3,(H,17,19). The van der Waals surface area contributed by atoms with Gasteiger partial charge in [-0.05, 0) is 45.3 Å². The van der Waals surface area contributed by atoms with E-state index in [2.05, 4.69) is 10.2 Å². The molecule has 0 aliphatic heterocycles. The number of nitriles is 1. The lowest BCUT2D eigenvalue weighted by atomic mass is 10.1. The Morgan fingerprint density at radius 2 is 2.25 bits per heavy atom. The van der Waals surface area contributed by atoms with Crippen molar-refractivity contribution in [3.8, 4) is 11.8 Å². The molecule has 6 heteroatoms. The molecular formula is C14H20N4O2. The molecule has 6 nitrogen and oxygen atoms in total. The van der Waals surface area contributed by atoms with Gasteiger partial charge in [-0.15, -0.1) is 0 Å². The third-order valence-electron chi connectivity index (χ3n) is 2.64. The molecule has 20 heavy (non-hydrogen) atoms. The summed E-state index contributed by atoms with van der Waals surface area (Å²) in [5, 5.41) is 11.3. The molecule has 1 aromatic carbocycles. The van der Waals surface area contributed by atoms with Crippen LogP contribution in [0.5, 0.6) is 5.75 Å². The largest absolute Gasteiger partial charge is 0.477 e. The van der Waals surface area contributed by atoms with E-state index in [9.17, 15) is 4.79 Å². The highest BCUT2D eigenvalue weighted by Gasteiger charge is 2.09. The minimum Gasteiger partial charge on any atom is -0.477 e. The highest BCUT2D eigenvalue weighted by Crippen LogP contribution is 2.22. The fourth-order valence-electron chi connectivity index (χ4n) is 1.61. The maximum absolute atomic E-state index is 11.9. The number of carbonyl (C=O) groups excluding carboxylic acids is 1. The maximum Gasteiger partial charge on any atom is 0.251 e. The predicted molar refractivity (Wildman–Crippen MR) is 77.5 cm³/mol. The summed E-state index contributed by atoms with van der Waals surface area (Å²) in [5.74, 6) is 0.179. The van der Waals surface area contributed by atoms with Crippen LogP contribution in [-0.2, 0) is 0 Å². The van der Waals surface area contributed by atoms with Crippen molar-refractivity contribution in [2.45, 2.75) is 6.42 Å². The molecule has 0 atom stereocenters. The second-order valence-electron chi connectivity index (χ2n) is 4.61. The molecule has 0 aliphatic carbocycles. The van der Waals surface area contributed by atoms with Gasteiger partial charge in [0.25, 0.3) is 5.91 Å². The Hall–Kier alpha value is -2.26. The molecule has 0 saturated heterocycles. The molecule has 1 amide bonds. The highest BCUT2D eigenvalue weighted by molar-refractivity contribution is 5.95. The molecule has 0 bridgehead atoms. The van der Waals surface area contributed by atoms with E-state index in [1.165, 1.54) is 0 Å². The van der Waals surface area contributed by atoms with Crippen molar-refractivity contribution >= 4 is 11.6 Å². The Morgan fingerprint density at radius 3 is 2.90 bits per heavy atom. The summed E-state index contributed by atoms with van der Waals surface area (Å²) in [5.41, 5.74) is 6.59. The van der Waals surface area contributed by atoms with Gasteiger partial charge in [-0.1, -0.05) is 0 Å². The van der Waals surface area contributed by atoms with Crippen molar-refractivity contribution in [3.63, 3.8) is 0 Å². The summed E-state index contributed by atoms with van der Waals surface area (Å²) in [6.45, 7) is 1.42. The van der Waals surface area contributed by atoms with Crippen LogP contribution in [0.15, 0.2) is 18.2 Å². The zero-order valence-electron chi connectivity index (χ0n) is 11.8. The van der Waals surface area contributed by atoms with E-state index in [4.69, 9.17) is 15.7 Å². The van der Waals surface area contributed by atoms with Gasteiger partial charge in [0.1, 0.15) is 11.8 Å². The van der Waals surface area contributed by atoms with Crippen LogP contribution in [0.1, 0.15) is 16.8 Å². The lowest BCUT2D eigenvalue weighted by Gasteiger charge is -2.11. The zero-order valence-corrected chi connectivity index (χ0v) is 11.8. The van der Waals surface area contributed by atoms with E-state index < -0.39 is 0 Å². The Bertz CT molecular complexity index is 494. The Labute approximate surface area is 119 Å². The first-order chi connectivity index (χ1) is 9.54. The third-order valence-corrected chi connectivity index (χ3v) is 2.64. The van der Waals surface area contributed by atoms with Crippen LogP contribution in [0.3, 0.4) is 0 Å². The third kappa shape index (κ3) is 5.16. The summed E-state index contributed by atoms with van der Waals surface area (Å²) < 4.78 is 5.16. The predicted octanol–water partition coefficient (Wildman–Crippen LogP) is 0.853. The number of nitrogens with zero attached hydrogens (tertiary/aromatic N) is 2. The number of hydrogen-bond donors (Lipinski definition) is 2. The topological polar surface area (TPSA) is 91.4 Å². The lowest BCUT2D eigenvalue weighted by molar-refractivity contribution is 0.0952. The molecule has 1 aromatic rings. The monoisotopic (exact) mass is 276 g/mol. The zero-order chi connectivity index (χ0) is 15.0. The van der Waals surface area contributed by atoms with Crippen molar-refractivity contribution in [1.29, 1.82) is 5.26 Å². The first kappa shape index (κ1) is 15.8. The van der Waals surface area contributed by atoms with Crippen LogP contribution >= 0.6 is 0 Å². The molecule has 0 aromatic heterocycles. The molecule has 0 saturated carbocycles. The van der Waals surface area contributed by atoms with Gasteiger partial charge in [0.05, 0.1) is 5.69 Å². The number of benzene rings is 1. The summed E-state index contributed by atoms with van der Waals surface area (Å²) in [7, 11) is 3.97. The molecule has 0 unspecified atom stereocenters. The van der Waals surface area contributed by atoms with Crippen molar-refractivity contribution in [2.24, 2.45) is 0 Å². The smallest absolute Gasteiger partial charge is 0.251 e. The normalized spacial score (nSPS) is 10.1. The van der Waals surface area contributed by atoms with Gasteiger partial charge in [0.15, 0.2) is 6.61 Å². The highest BCUT2D eigenvalue weighted by atomic mass is 16.5. The molecule has 0 aliphatic rings. The van der Waals surface area contributed by atoms with E-state index >= 15 is 0 Å². The molecule has 1 rings (SSSR count). The van der Waals surface area contributed by atoms with E-state index in [0.29, 0.717) is 23.5 Å². The second-order valence-corrected chi connectivity index (χ2v) is 4.61. The van der Waals surface area contributed by atoms with Crippen molar-refractivity contribution in [2.75, 3.05) is 39.5 Å². The second kappa shape index (κ2) is 8.02. The summed E-state index contributed by atoms with van der Waals surface area (Å²) in [6.07, 6.45) is 0.880. The number of nitrogen functional groups attached to an aromatic ring is 1. The van der Waals surface area contributed by atoms with Crippen LogP contribution in [0, 0.1) is 11.3 Å². The van der Waals surface area contributed by atoms with Crippen molar-refractivity contribution in [3.05, 3.63) is 23.8 Å². The summed E-state index contributed by atoms with van der Waals surface area (Å²) in [4.78, 5) is 14.0. The van der Waals surface area contributed by atoms with Crippen LogP contribution in [0.2, 0.25) is 0 Å². The fraction of sp³-hybridized carbons (Fsp3) is 0.429. The molecule has 0 radical (unpaired) electrons. The number of rotatable bonds is 7. The lowest BCUT2D eigenvalue weighted by Crippen LogP contribution is -2.27. The molecule has 108 valence electrons. The van der Waals surface area contributed by atoms with E-state index in [1.54, 1.807) is 18.2 Å². The van der Waals surface area contributed by atoms with E-state index in [-0.39, 0.29) is 12.5 Å². The van der Waals surface area contributed by atoms with E-state index in [1.807, 2.05) is 20.2 Å². The molecule has 0 heterocycles. The molecular weight excluding hydrogens is 256 g/mol. The van der Waals surface area contributed by atoms with Gasteiger partial charge in [0, 0.05) is 12.1 Å². The Morgan fingerprint density at radius 1 is 1.50 bits per heavy atom. The van der Waals surface area contributed by atoms with Gasteiger partial charge < -0.3 is 20.7 Å². The van der Waals surface area contributed by atoms with Crippen LogP contribution < -0.4 is 15.8 Å². The number of anilines is 1. The van der Waals surface area contributed by atoms with E-state index in [0.717, 1.165) is 13.0 Å². The van der Waals surface area contributed by atoms with Crippen LogP contribution in [0.4, 0.5) is 5.69 Å². The number of nitrogens with one attached hydrogen (secondary N) is 1. The number of ether oxygens (including phenoxy) is 1. The minimum atomic E-state index is -0.175. The number of nitrogens with two attached hydrogens (primary N) is 1. The number of amides is 1. The number of hydrogen-bond acceptors (Lipinski definition) is 5. The van der Waals surface area contributed by atoms with Crippen LogP contribution in [0.25, 0.3) is 0 Å². The Balaban J connectivity index is 2.57. The maximum atomic E-state index is 11.9. The first-order valence-corrected chi connectivity index (χ1v) is 6.37. The quantitative estimate of drug-likeness (QED) is 0.569. The van der Waals surface area contributed by atoms with Gasteiger partial charge in [-0.2, -0.15) is 5.26 Å². The van der Waals surface area contributed by atoms with Gasteiger partial charge >= 0.3 is 0 Å². The SMILES string of the molecule is CN(C)CCCNC(=O)c1ccc(N)c(OCC#N)c1.